The van der Waals surface area contributed by atoms with Crippen LogP contribution in [0.1, 0.15) is 33.1 Å². The summed E-state index contributed by atoms with van der Waals surface area (Å²) in [5.74, 6) is -0.299. The van der Waals surface area contributed by atoms with Crippen LogP contribution in [0.2, 0.25) is 0 Å². The third-order valence-corrected chi connectivity index (χ3v) is 2.83. The van der Waals surface area contributed by atoms with Gasteiger partial charge < -0.3 is 16.0 Å². The topological polar surface area (TPSA) is 58.4 Å². The Hall–Kier alpha value is -0.610. The van der Waals surface area contributed by atoms with Gasteiger partial charge in [0, 0.05) is 6.54 Å². The Morgan fingerprint density at radius 3 is 2.47 bits per heavy atom. The number of nitrogens with zero attached hydrogens (tertiary/aromatic N) is 1. The van der Waals surface area contributed by atoms with Crippen molar-refractivity contribution in [1.82, 2.24) is 10.2 Å². The minimum absolute atomic E-state index is 0.299. The fourth-order valence-electron chi connectivity index (χ4n) is 1.53. The number of nitrogens with two attached hydrogens (primary N) is 1. The van der Waals surface area contributed by atoms with Crippen LogP contribution in [0.5, 0.6) is 0 Å². The van der Waals surface area contributed by atoms with Crippen molar-refractivity contribution in [3.05, 3.63) is 0 Å². The van der Waals surface area contributed by atoms with Gasteiger partial charge in [-0.15, -0.1) is 0 Å². The summed E-state index contributed by atoms with van der Waals surface area (Å²) in [4.78, 5) is 13.4. The van der Waals surface area contributed by atoms with Gasteiger partial charge in [-0.1, -0.05) is 19.8 Å². The summed E-state index contributed by atoms with van der Waals surface area (Å²) < 4.78 is 0. The smallest absolute Gasteiger partial charge is 0.238 e. The predicted molar refractivity (Wildman–Crippen MR) is 63.7 cm³/mol. The van der Waals surface area contributed by atoms with Crippen molar-refractivity contribution in [2.24, 2.45) is 5.73 Å². The van der Waals surface area contributed by atoms with Crippen LogP contribution in [0.25, 0.3) is 0 Å². The van der Waals surface area contributed by atoms with Crippen molar-refractivity contribution in [3.8, 4) is 0 Å². The van der Waals surface area contributed by atoms with Gasteiger partial charge in [0.2, 0.25) is 5.91 Å². The molecule has 0 fully saturated rings. The fourth-order valence-corrected chi connectivity index (χ4v) is 1.53. The number of hydrogen-bond acceptors (Lipinski definition) is 3. The second kappa shape index (κ2) is 6.80. The Morgan fingerprint density at radius 1 is 1.47 bits per heavy atom. The Morgan fingerprint density at radius 2 is 2.07 bits per heavy atom. The lowest BCUT2D eigenvalue weighted by molar-refractivity contribution is -0.124. The van der Waals surface area contributed by atoms with E-state index in [9.17, 15) is 4.79 Å². The molecule has 1 unspecified atom stereocenters. The molecule has 90 valence electrons. The Kier molecular flexibility index (Phi) is 6.52. The van der Waals surface area contributed by atoms with Crippen LogP contribution in [-0.2, 0) is 4.79 Å². The molecule has 0 saturated carbocycles. The van der Waals surface area contributed by atoms with E-state index in [0.717, 1.165) is 6.54 Å². The quantitative estimate of drug-likeness (QED) is 0.582. The van der Waals surface area contributed by atoms with Crippen LogP contribution < -0.4 is 11.1 Å². The number of carbonyl (C=O) groups is 1. The average molecular weight is 215 g/mol. The van der Waals surface area contributed by atoms with Crippen LogP contribution >= 0.6 is 0 Å². The molecule has 0 radical (unpaired) electrons. The van der Waals surface area contributed by atoms with Gasteiger partial charge in [0.25, 0.3) is 0 Å². The van der Waals surface area contributed by atoms with E-state index in [4.69, 9.17) is 5.73 Å². The number of likely N-dealkylation sites (N-methyl/N-ethyl adjacent to an activating group) is 2. The van der Waals surface area contributed by atoms with E-state index in [2.05, 4.69) is 17.1 Å². The summed E-state index contributed by atoms with van der Waals surface area (Å²) in [6.07, 6.45) is 3.62. The lowest BCUT2D eigenvalue weighted by atomic mass is 10.0. The minimum atomic E-state index is -0.624. The number of carbonyl (C=O) groups excluding carboxylic acids is 1. The highest BCUT2D eigenvalue weighted by atomic mass is 16.1. The number of hydrogen-bond donors (Lipinski definition) is 2. The van der Waals surface area contributed by atoms with Gasteiger partial charge in [0.1, 0.15) is 5.54 Å². The first-order valence-electron chi connectivity index (χ1n) is 5.63. The monoisotopic (exact) mass is 215 g/mol. The number of amides is 1. The van der Waals surface area contributed by atoms with Crippen LogP contribution in [0, 0.1) is 0 Å². The van der Waals surface area contributed by atoms with Crippen molar-refractivity contribution in [1.29, 1.82) is 0 Å². The SMILES string of the molecule is CCCCCN(C)CC(C)(NC)C(N)=O. The molecule has 4 nitrogen and oxygen atoms in total. The van der Waals surface area contributed by atoms with Crippen molar-refractivity contribution in [2.75, 3.05) is 27.2 Å². The summed E-state index contributed by atoms with van der Waals surface area (Å²) in [6.45, 7) is 5.69. The molecule has 0 aromatic heterocycles. The number of primary amides is 1. The van der Waals surface area contributed by atoms with Gasteiger partial charge in [-0.2, -0.15) is 0 Å². The van der Waals surface area contributed by atoms with Crippen molar-refractivity contribution in [3.63, 3.8) is 0 Å². The molecule has 3 N–H and O–H groups in total. The number of rotatable bonds is 8. The third-order valence-electron chi connectivity index (χ3n) is 2.83. The second-order valence-corrected chi connectivity index (χ2v) is 4.39. The maximum Gasteiger partial charge on any atom is 0.238 e. The molecule has 0 saturated heterocycles. The van der Waals surface area contributed by atoms with Gasteiger partial charge in [-0.25, -0.2) is 0 Å². The normalized spacial score (nSPS) is 15.3. The molecule has 1 atom stereocenters. The van der Waals surface area contributed by atoms with E-state index in [1.807, 2.05) is 14.0 Å². The highest BCUT2D eigenvalue weighted by Crippen LogP contribution is 2.05. The first kappa shape index (κ1) is 14.4. The molecule has 0 rings (SSSR count). The van der Waals surface area contributed by atoms with Crippen LogP contribution in [0.15, 0.2) is 0 Å². The molecule has 0 aromatic rings. The van der Waals surface area contributed by atoms with E-state index >= 15 is 0 Å². The molecule has 0 heterocycles. The van der Waals surface area contributed by atoms with E-state index < -0.39 is 5.54 Å². The lowest BCUT2D eigenvalue weighted by Crippen LogP contribution is -2.57. The van der Waals surface area contributed by atoms with Gasteiger partial charge in [0.05, 0.1) is 0 Å². The van der Waals surface area contributed by atoms with Crippen LogP contribution in [0.3, 0.4) is 0 Å². The zero-order valence-corrected chi connectivity index (χ0v) is 10.5. The molecule has 0 aromatic carbocycles. The first-order chi connectivity index (χ1) is 6.96. The van der Waals surface area contributed by atoms with Gasteiger partial charge in [-0.05, 0) is 34.0 Å². The lowest BCUT2D eigenvalue weighted by Gasteiger charge is -2.30. The predicted octanol–water partition coefficient (Wildman–Crippen LogP) is 0.572. The summed E-state index contributed by atoms with van der Waals surface area (Å²) in [5, 5.41) is 2.98. The summed E-state index contributed by atoms with van der Waals surface area (Å²) in [5.41, 5.74) is 4.73. The largest absolute Gasteiger partial charge is 0.368 e. The standard InChI is InChI=1S/C11H25N3O/c1-5-6-7-8-14(4)9-11(2,13-3)10(12)15/h13H,5-9H2,1-4H3,(H2,12,15). The Labute approximate surface area is 93.2 Å². The Bertz CT molecular complexity index is 196. The summed E-state index contributed by atoms with van der Waals surface area (Å²) >= 11 is 0. The molecular formula is C11H25N3O. The number of nitrogens with one attached hydrogen (secondary N) is 1. The molecule has 0 spiro atoms. The van der Waals surface area contributed by atoms with Gasteiger partial charge in [-0.3, -0.25) is 4.79 Å². The van der Waals surface area contributed by atoms with E-state index in [-0.39, 0.29) is 5.91 Å². The van der Waals surface area contributed by atoms with Crippen LogP contribution in [0.4, 0.5) is 0 Å². The first-order valence-corrected chi connectivity index (χ1v) is 5.63. The van der Waals surface area contributed by atoms with E-state index in [1.54, 1.807) is 7.05 Å². The van der Waals surface area contributed by atoms with E-state index in [1.165, 1.54) is 19.3 Å². The van der Waals surface area contributed by atoms with Gasteiger partial charge in [0.15, 0.2) is 0 Å². The molecule has 0 aliphatic carbocycles. The minimum Gasteiger partial charge on any atom is -0.368 e. The highest BCUT2D eigenvalue weighted by Gasteiger charge is 2.29. The van der Waals surface area contributed by atoms with Crippen LogP contribution in [-0.4, -0.2) is 43.5 Å². The molecule has 15 heavy (non-hydrogen) atoms. The summed E-state index contributed by atoms with van der Waals surface area (Å²) in [7, 11) is 3.79. The maximum atomic E-state index is 11.3. The molecule has 1 amide bonds. The zero-order valence-electron chi connectivity index (χ0n) is 10.5. The van der Waals surface area contributed by atoms with Crippen molar-refractivity contribution >= 4 is 5.91 Å². The summed E-state index contributed by atoms with van der Waals surface area (Å²) in [6, 6.07) is 0. The molecular weight excluding hydrogens is 190 g/mol. The van der Waals surface area contributed by atoms with Crippen molar-refractivity contribution in [2.45, 2.75) is 38.6 Å². The highest BCUT2D eigenvalue weighted by molar-refractivity contribution is 5.84. The number of unbranched alkanes of at least 4 members (excludes halogenated alkanes) is 2. The molecule has 0 aliphatic rings. The third kappa shape index (κ3) is 5.14. The molecule has 4 heteroatoms. The maximum absolute atomic E-state index is 11.3. The average Bonchev–Trinajstić information content (AvgIpc) is 2.17. The molecule has 0 aliphatic heterocycles. The fraction of sp³-hybridized carbons (Fsp3) is 0.909. The second-order valence-electron chi connectivity index (χ2n) is 4.39. The zero-order chi connectivity index (χ0) is 11.9. The Balaban J connectivity index is 4.01. The van der Waals surface area contributed by atoms with Crippen molar-refractivity contribution < 1.29 is 4.79 Å². The molecule has 0 bridgehead atoms. The van der Waals surface area contributed by atoms with E-state index in [0.29, 0.717) is 6.54 Å². The van der Waals surface area contributed by atoms with Gasteiger partial charge >= 0.3 is 0 Å².